The van der Waals surface area contributed by atoms with Gasteiger partial charge in [-0.15, -0.1) is 22.7 Å². The van der Waals surface area contributed by atoms with E-state index in [1.807, 2.05) is 30.5 Å². The van der Waals surface area contributed by atoms with Gasteiger partial charge in [0.15, 0.2) is 5.13 Å². The van der Waals surface area contributed by atoms with Gasteiger partial charge in [0.1, 0.15) is 11.4 Å². The Morgan fingerprint density at radius 2 is 2.27 bits per heavy atom. The van der Waals surface area contributed by atoms with Crippen LogP contribution in [0.25, 0.3) is 10.6 Å². The average Bonchev–Trinajstić information content (AvgIpc) is 3.18. The van der Waals surface area contributed by atoms with Crippen LogP contribution in [0.4, 0.5) is 5.13 Å². The number of hydrogen-bond donors (Lipinski definition) is 1. The number of carbonyl (C=O) groups is 1. The number of anilines is 1. The third-order valence-corrected chi connectivity index (χ3v) is 5.15. The Bertz CT molecular complexity index is 802. The number of thiophene rings is 1. The lowest BCUT2D eigenvalue weighted by molar-refractivity contribution is 0.101. The molecule has 7 heteroatoms. The summed E-state index contributed by atoms with van der Waals surface area (Å²) in [6.07, 6.45) is 0.868. The summed E-state index contributed by atoms with van der Waals surface area (Å²) in [5, 5.41) is 9.90. The normalized spacial score (nSPS) is 10.9. The topological polar surface area (TPSA) is 59.8 Å². The molecule has 0 aromatic carbocycles. The van der Waals surface area contributed by atoms with E-state index in [0.29, 0.717) is 10.8 Å². The molecule has 0 radical (unpaired) electrons. The maximum absolute atomic E-state index is 12.4. The van der Waals surface area contributed by atoms with Crippen molar-refractivity contribution in [2.24, 2.45) is 7.05 Å². The van der Waals surface area contributed by atoms with Crippen molar-refractivity contribution in [2.45, 2.75) is 20.3 Å². The first kappa shape index (κ1) is 14.9. The summed E-state index contributed by atoms with van der Waals surface area (Å²) in [6.45, 7) is 4.08. The second kappa shape index (κ2) is 6.02. The minimum absolute atomic E-state index is 0.186. The first-order valence-corrected chi connectivity index (χ1v) is 8.63. The molecule has 0 unspecified atom stereocenters. The van der Waals surface area contributed by atoms with Gasteiger partial charge in [0.05, 0.1) is 10.6 Å². The number of nitrogens with zero attached hydrogens (tertiary/aromatic N) is 3. The molecule has 0 saturated carbocycles. The fraction of sp³-hybridized carbons (Fsp3) is 0.267. The zero-order valence-electron chi connectivity index (χ0n) is 12.6. The fourth-order valence-corrected chi connectivity index (χ4v) is 3.77. The smallest absolute Gasteiger partial charge is 0.275 e. The summed E-state index contributed by atoms with van der Waals surface area (Å²) in [7, 11) is 1.77. The van der Waals surface area contributed by atoms with E-state index in [0.717, 1.165) is 27.6 Å². The van der Waals surface area contributed by atoms with Gasteiger partial charge in [0.2, 0.25) is 0 Å². The van der Waals surface area contributed by atoms with Crippen molar-refractivity contribution in [3.63, 3.8) is 0 Å². The molecule has 114 valence electrons. The average molecular weight is 332 g/mol. The number of nitrogens with one attached hydrogen (secondary N) is 1. The first-order chi connectivity index (χ1) is 10.6. The zero-order valence-corrected chi connectivity index (χ0v) is 14.2. The Hall–Kier alpha value is -1.99. The number of amides is 1. The highest BCUT2D eigenvalue weighted by molar-refractivity contribution is 7.15. The van der Waals surface area contributed by atoms with Crippen molar-refractivity contribution in [1.29, 1.82) is 0 Å². The molecule has 0 aliphatic rings. The van der Waals surface area contributed by atoms with Crippen LogP contribution in [-0.2, 0) is 13.5 Å². The number of rotatable bonds is 4. The number of aryl methyl sites for hydroxylation is 3. The van der Waals surface area contributed by atoms with Gasteiger partial charge in [-0.1, -0.05) is 13.0 Å². The summed E-state index contributed by atoms with van der Waals surface area (Å²) in [5.74, 6) is -0.186. The molecule has 3 heterocycles. The van der Waals surface area contributed by atoms with Gasteiger partial charge in [-0.2, -0.15) is 5.10 Å². The van der Waals surface area contributed by atoms with Crippen LogP contribution in [0, 0.1) is 6.92 Å². The van der Waals surface area contributed by atoms with E-state index in [1.54, 1.807) is 23.1 Å². The van der Waals surface area contributed by atoms with Gasteiger partial charge in [-0.3, -0.25) is 14.8 Å². The van der Waals surface area contributed by atoms with Crippen LogP contribution in [0.15, 0.2) is 23.6 Å². The Morgan fingerprint density at radius 3 is 2.91 bits per heavy atom. The highest BCUT2D eigenvalue weighted by Gasteiger charge is 2.16. The molecule has 0 saturated heterocycles. The van der Waals surface area contributed by atoms with Crippen LogP contribution >= 0.6 is 22.7 Å². The SMILES string of the molecule is CCc1nc(NC(=O)c2cc(-c3cccs3)nn2C)sc1C. The van der Waals surface area contributed by atoms with Crippen molar-refractivity contribution in [1.82, 2.24) is 14.8 Å². The largest absolute Gasteiger partial charge is 0.296 e. The Kier molecular flexibility index (Phi) is 4.08. The molecular weight excluding hydrogens is 316 g/mol. The van der Waals surface area contributed by atoms with Gasteiger partial charge >= 0.3 is 0 Å². The summed E-state index contributed by atoms with van der Waals surface area (Å²) in [4.78, 5) is 19.1. The molecule has 1 N–H and O–H groups in total. The summed E-state index contributed by atoms with van der Waals surface area (Å²) < 4.78 is 1.60. The van der Waals surface area contributed by atoms with E-state index in [1.165, 1.54) is 11.3 Å². The van der Waals surface area contributed by atoms with Gasteiger partial charge in [-0.25, -0.2) is 4.98 Å². The lowest BCUT2D eigenvalue weighted by Crippen LogP contribution is -2.15. The Labute approximate surface area is 136 Å². The molecule has 3 aromatic rings. The van der Waals surface area contributed by atoms with Crippen molar-refractivity contribution < 1.29 is 4.79 Å². The predicted molar refractivity (Wildman–Crippen MR) is 90.7 cm³/mol. The highest BCUT2D eigenvalue weighted by Crippen LogP contribution is 2.25. The summed E-state index contributed by atoms with van der Waals surface area (Å²) in [6, 6.07) is 5.77. The van der Waals surface area contributed by atoms with E-state index in [-0.39, 0.29) is 5.91 Å². The maximum Gasteiger partial charge on any atom is 0.275 e. The summed E-state index contributed by atoms with van der Waals surface area (Å²) >= 11 is 3.11. The molecule has 22 heavy (non-hydrogen) atoms. The standard InChI is InChI=1S/C15H16N4OS2/c1-4-10-9(2)22-15(16-10)17-14(20)12-8-11(18-19(12)3)13-6-5-7-21-13/h5-8H,4H2,1-3H3,(H,16,17,20). The van der Waals surface area contributed by atoms with Gasteiger partial charge in [-0.05, 0) is 30.9 Å². The second-order valence-corrected chi connectivity index (χ2v) is 7.00. The van der Waals surface area contributed by atoms with E-state index >= 15 is 0 Å². The molecule has 5 nitrogen and oxygen atoms in total. The van der Waals surface area contributed by atoms with Crippen molar-refractivity contribution >= 4 is 33.7 Å². The zero-order chi connectivity index (χ0) is 15.7. The highest BCUT2D eigenvalue weighted by atomic mass is 32.1. The van der Waals surface area contributed by atoms with Crippen molar-refractivity contribution in [3.05, 3.63) is 39.8 Å². The lowest BCUT2D eigenvalue weighted by Gasteiger charge is -2.01. The van der Waals surface area contributed by atoms with Crippen LogP contribution in [0.3, 0.4) is 0 Å². The number of thiazole rings is 1. The van der Waals surface area contributed by atoms with E-state index in [2.05, 4.69) is 22.3 Å². The molecule has 0 fully saturated rings. The van der Waals surface area contributed by atoms with E-state index in [9.17, 15) is 4.79 Å². The van der Waals surface area contributed by atoms with Gasteiger partial charge in [0, 0.05) is 11.9 Å². The molecule has 0 atom stereocenters. The molecule has 0 spiro atoms. The molecule has 1 amide bonds. The predicted octanol–water partition coefficient (Wildman–Crippen LogP) is 3.73. The number of carbonyl (C=O) groups excluding carboxylic acids is 1. The molecular formula is C15H16N4OS2. The quantitative estimate of drug-likeness (QED) is 0.792. The van der Waals surface area contributed by atoms with Crippen LogP contribution in [-0.4, -0.2) is 20.7 Å². The molecule has 0 bridgehead atoms. The van der Waals surface area contributed by atoms with Crippen molar-refractivity contribution in [3.8, 4) is 10.6 Å². The fourth-order valence-electron chi connectivity index (χ4n) is 2.20. The van der Waals surface area contributed by atoms with Crippen LogP contribution in [0.2, 0.25) is 0 Å². The van der Waals surface area contributed by atoms with Crippen LogP contribution in [0.1, 0.15) is 28.0 Å². The lowest BCUT2D eigenvalue weighted by atomic mass is 10.3. The van der Waals surface area contributed by atoms with Gasteiger partial charge < -0.3 is 0 Å². The minimum atomic E-state index is -0.186. The Morgan fingerprint density at radius 1 is 1.45 bits per heavy atom. The molecule has 0 aliphatic heterocycles. The van der Waals surface area contributed by atoms with E-state index < -0.39 is 0 Å². The van der Waals surface area contributed by atoms with Crippen molar-refractivity contribution in [2.75, 3.05) is 5.32 Å². The maximum atomic E-state index is 12.4. The van der Waals surface area contributed by atoms with Crippen LogP contribution < -0.4 is 5.32 Å². The molecule has 3 aromatic heterocycles. The number of aromatic nitrogens is 3. The molecule has 3 rings (SSSR count). The third-order valence-electron chi connectivity index (χ3n) is 3.33. The molecule has 0 aliphatic carbocycles. The number of hydrogen-bond acceptors (Lipinski definition) is 5. The Balaban J connectivity index is 1.83. The van der Waals surface area contributed by atoms with Gasteiger partial charge in [0.25, 0.3) is 5.91 Å². The first-order valence-electron chi connectivity index (χ1n) is 6.94. The second-order valence-electron chi connectivity index (χ2n) is 4.85. The summed E-state index contributed by atoms with van der Waals surface area (Å²) in [5.41, 5.74) is 2.37. The monoisotopic (exact) mass is 332 g/mol. The third kappa shape index (κ3) is 2.82. The van der Waals surface area contributed by atoms with E-state index in [4.69, 9.17) is 0 Å². The minimum Gasteiger partial charge on any atom is -0.296 e. The van der Waals surface area contributed by atoms with Crippen LogP contribution in [0.5, 0.6) is 0 Å².